The van der Waals surface area contributed by atoms with E-state index in [-0.39, 0.29) is 18.5 Å². The van der Waals surface area contributed by atoms with Crippen molar-refractivity contribution in [3.63, 3.8) is 0 Å². The van der Waals surface area contributed by atoms with E-state index in [0.29, 0.717) is 49.0 Å². The molecule has 0 bridgehead atoms. The molecule has 168 valence electrons. The number of piperidine rings is 1. The van der Waals surface area contributed by atoms with Gasteiger partial charge in [-0.3, -0.25) is 4.79 Å². The molecular formula is C20H24N8O4. The number of aromatic nitrogens is 6. The molecule has 2 fully saturated rings. The van der Waals surface area contributed by atoms with Crippen molar-refractivity contribution in [2.75, 3.05) is 32.8 Å². The third kappa shape index (κ3) is 3.54. The molecule has 32 heavy (non-hydrogen) atoms. The standard InChI is InChI=1S/C20H24N8O4/c1-13-15(11-32-18(13)30)27-7-4-20(19(27)31)2-5-26(6-3-20)10-16(29)17-21-8-14(9-22-17)28-12-23-24-25-28/h8-9,12,16,29H,2-7,10-11H2,1H3/t16-/m0/s1. The van der Waals surface area contributed by atoms with Gasteiger partial charge in [-0.2, -0.15) is 4.68 Å². The van der Waals surface area contributed by atoms with Crippen LogP contribution in [0.3, 0.4) is 0 Å². The lowest BCUT2D eigenvalue weighted by Gasteiger charge is -2.38. The third-order valence-corrected chi connectivity index (χ3v) is 6.73. The Kier molecular flexibility index (Phi) is 5.18. The normalized spacial score (nSPS) is 22.1. The Morgan fingerprint density at radius 3 is 2.50 bits per heavy atom. The fraction of sp³-hybridized carbons (Fsp3) is 0.550. The number of rotatable bonds is 5. The molecule has 0 saturated carbocycles. The maximum absolute atomic E-state index is 13.2. The summed E-state index contributed by atoms with van der Waals surface area (Å²) in [6, 6.07) is 0. The maximum atomic E-state index is 13.2. The molecule has 0 aromatic carbocycles. The number of nitrogens with zero attached hydrogens (tertiary/aromatic N) is 8. The van der Waals surface area contributed by atoms with Gasteiger partial charge in [-0.05, 0) is 49.7 Å². The molecule has 0 radical (unpaired) electrons. The maximum Gasteiger partial charge on any atom is 0.336 e. The molecule has 1 spiro atoms. The summed E-state index contributed by atoms with van der Waals surface area (Å²) >= 11 is 0. The molecule has 12 nitrogen and oxygen atoms in total. The lowest BCUT2D eigenvalue weighted by molar-refractivity contribution is -0.138. The molecule has 3 aliphatic rings. The van der Waals surface area contributed by atoms with Crippen molar-refractivity contribution >= 4 is 11.9 Å². The highest BCUT2D eigenvalue weighted by atomic mass is 16.5. The predicted molar refractivity (Wildman–Crippen MR) is 108 cm³/mol. The zero-order chi connectivity index (χ0) is 22.3. The van der Waals surface area contributed by atoms with Gasteiger partial charge >= 0.3 is 5.97 Å². The van der Waals surface area contributed by atoms with Gasteiger partial charge in [0.1, 0.15) is 24.7 Å². The van der Waals surface area contributed by atoms with Crippen molar-refractivity contribution in [2.24, 2.45) is 5.41 Å². The highest BCUT2D eigenvalue weighted by molar-refractivity contribution is 5.94. The Morgan fingerprint density at radius 2 is 1.88 bits per heavy atom. The van der Waals surface area contributed by atoms with Crippen molar-refractivity contribution in [2.45, 2.75) is 32.3 Å². The van der Waals surface area contributed by atoms with Gasteiger partial charge in [-0.15, -0.1) is 5.10 Å². The van der Waals surface area contributed by atoms with Gasteiger partial charge in [0.2, 0.25) is 5.91 Å². The Bertz CT molecular complexity index is 1040. The molecule has 3 aliphatic heterocycles. The molecule has 1 N–H and O–H groups in total. The van der Waals surface area contributed by atoms with Crippen molar-refractivity contribution < 1.29 is 19.4 Å². The summed E-state index contributed by atoms with van der Waals surface area (Å²) in [5, 5.41) is 21.5. The van der Waals surface area contributed by atoms with Crippen LogP contribution in [0.25, 0.3) is 5.69 Å². The molecule has 1 amide bonds. The predicted octanol–water partition coefficient (Wildman–Crippen LogP) is -0.369. The largest absolute Gasteiger partial charge is 0.456 e. The van der Waals surface area contributed by atoms with Crippen LogP contribution in [0.2, 0.25) is 0 Å². The van der Waals surface area contributed by atoms with Gasteiger partial charge < -0.3 is 19.6 Å². The van der Waals surface area contributed by atoms with Crippen molar-refractivity contribution in [3.8, 4) is 5.69 Å². The summed E-state index contributed by atoms with van der Waals surface area (Å²) in [4.78, 5) is 37.3. The summed E-state index contributed by atoms with van der Waals surface area (Å²) in [5.74, 6) is 0.0798. The van der Waals surface area contributed by atoms with E-state index < -0.39 is 11.5 Å². The highest BCUT2D eigenvalue weighted by Gasteiger charge is 2.50. The van der Waals surface area contributed by atoms with Gasteiger partial charge in [-0.25, -0.2) is 14.8 Å². The minimum Gasteiger partial charge on any atom is -0.456 e. The zero-order valence-corrected chi connectivity index (χ0v) is 17.7. The smallest absolute Gasteiger partial charge is 0.336 e. The van der Waals surface area contributed by atoms with Crippen LogP contribution in [0.1, 0.15) is 38.1 Å². The number of hydrogen-bond donors (Lipinski definition) is 1. The molecule has 5 rings (SSSR count). The molecule has 2 aromatic rings. The van der Waals surface area contributed by atoms with Crippen molar-refractivity contribution in [1.82, 2.24) is 40.0 Å². The van der Waals surface area contributed by atoms with E-state index in [9.17, 15) is 14.7 Å². The van der Waals surface area contributed by atoms with Crippen LogP contribution in [0.15, 0.2) is 30.0 Å². The van der Waals surface area contributed by atoms with E-state index in [1.807, 2.05) is 0 Å². The minimum absolute atomic E-state index is 0.0897. The van der Waals surface area contributed by atoms with Crippen LogP contribution in [-0.2, 0) is 14.3 Å². The summed E-state index contributed by atoms with van der Waals surface area (Å²) in [7, 11) is 0. The summed E-state index contributed by atoms with van der Waals surface area (Å²) in [5.41, 5.74) is 1.44. The number of ether oxygens (including phenoxy) is 1. The molecule has 5 heterocycles. The molecule has 0 unspecified atom stereocenters. The molecule has 2 saturated heterocycles. The average Bonchev–Trinajstić information content (AvgIpc) is 3.53. The lowest BCUT2D eigenvalue weighted by Crippen LogP contribution is -2.45. The fourth-order valence-corrected chi connectivity index (χ4v) is 4.68. The number of β-amino-alcohol motifs (C(OH)–C–C–N with tert-alkyl or cyclic N) is 1. The van der Waals surface area contributed by atoms with Gasteiger partial charge in [0.25, 0.3) is 0 Å². The minimum atomic E-state index is -0.836. The number of aliphatic hydroxyl groups is 1. The Labute approximate surface area is 183 Å². The van der Waals surface area contributed by atoms with Gasteiger partial charge in [0.15, 0.2) is 5.82 Å². The number of aliphatic hydroxyl groups excluding tert-OH is 1. The number of carbonyl (C=O) groups is 2. The van der Waals surface area contributed by atoms with Gasteiger partial charge in [0, 0.05) is 13.1 Å². The van der Waals surface area contributed by atoms with E-state index in [4.69, 9.17) is 4.74 Å². The van der Waals surface area contributed by atoms with E-state index in [1.54, 1.807) is 24.2 Å². The first-order valence-corrected chi connectivity index (χ1v) is 10.6. The Hall–Kier alpha value is -3.25. The first-order valence-electron chi connectivity index (χ1n) is 10.6. The van der Waals surface area contributed by atoms with Crippen LogP contribution in [0, 0.1) is 5.41 Å². The molecule has 2 aromatic heterocycles. The van der Waals surface area contributed by atoms with E-state index in [0.717, 1.165) is 19.3 Å². The van der Waals surface area contributed by atoms with Crippen LogP contribution in [-0.4, -0.2) is 89.7 Å². The first-order chi connectivity index (χ1) is 15.5. The Balaban J connectivity index is 1.18. The average molecular weight is 440 g/mol. The summed E-state index contributed by atoms with van der Waals surface area (Å²) in [6.07, 6.45) is 5.94. The second-order valence-electron chi connectivity index (χ2n) is 8.51. The summed E-state index contributed by atoms with van der Waals surface area (Å²) in [6.45, 7) is 4.30. The second kappa shape index (κ2) is 8.02. The number of carbonyl (C=O) groups excluding carboxylic acids is 2. The number of amides is 1. The van der Waals surface area contributed by atoms with Crippen molar-refractivity contribution in [3.05, 3.63) is 35.8 Å². The fourth-order valence-electron chi connectivity index (χ4n) is 4.68. The van der Waals surface area contributed by atoms with E-state index >= 15 is 0 Å². The van der Waals surface area contributed by atoms with E-state index in [1.165, 1.54) is 11.0 Å². The van der Waals surface area contributed by atoms with Crippen LogP contribution in [0.4, 0.5) is 0 Å². The molecule has 0 aliphatic carbocycles. The summed E-state index contributed by atoms with van der Waals surface area (Å²) < 4.78 is 6.52. The topological polar surface area (TPSA) is 139 Å². The number of hydrogen-bond acceptors (Lipinski definition) is 10. The first kappa shape index (κ1) is 20.6. The number of esters is 1. The van der Waals surface area contributed by atoms with Crippen molar-refractivity contribution in [1.29, 1.82) is 0 Å². The molecule has 1 atom stereocenters. The van der Waals surface area contributed by atoms with Gasteiger partial charge in [-0.1, -0.05) is 0 Å². The quantitative estimate of drug-likeness (QED) is 0.613. The highest BCUT2D eigenvalue weighted by Crippen LogP contribution is 2.43. The zero-order valence-electron chi connectivity index (χ0n) is 17.7. The van der Waals surface area contributed by atoms with E-state index in [2.05, 4.69) is 30.4 Å². The molecule has 12 heteroatoms. The van der Waals surface area contributed by atoms with Gasteiger partial charge in [0.05, 0.1) is 29.1 Å². The molecular weight excluding hydrogens is 416 g/mol. The third-order valence-electron chi connectivity index (χ3n) is 6.73. The number of likely N-dealkylation sites (tertiary alicyclic amines) is 2. The SMILES string of the molecule is CC1=C(N2CCC3(CCN(C[C@H](O)c4ncc(-n5cnnn5)cn4)CC3)C2=O)COC1=O. The van der Waals surface area contributed by atoms with Crippen LogP contribution < -0.4 is 0 Å². The number of tetrazole rings is 1. The number of cyclic esters (lactones) is 1. The monoisotopic (exact) mass is 440 g/mol. The second-order valence-corrected chi connectivity index (χ2v) is 8.51. The lowest BCUT2D eigenvalue weighted by atomic mass is 9.77. The Morgan fingerprint density at radius 1 is 1.16 bits per heavy atom. The van der Waals surface area contributed by atoms with Crippen LogP contribution >= 0.6 is 0 Å². The van der Waals surface area contributed by atoms with Crippen LogP contribution in [0.5, 0.6) is 0 Å².